The topological polar surface area (TPSA) is 60.7 Å². The van der Waals surface area contributed by atoms with Gasteiger partial charge in [-0.3, -0.25) is 0 Å². The van der Waals surface area contributed by atoms with Crippen LogP contribution in [0.1, 0.15) is 76.0 Å². The molecular weight excluding hydrogens is 356 g/mol. The van der Waals surface area contributed by atoms with Crippen LogP contribution in [-0.2, 0) is 0 Å². The Morgan fingerprint density at radius 2 is 1.11 bits per heavy atom. The number of hydrogen-bond acceptors (Lipinski definition) is 3. The first-order valence-corrected chi connectivity index (χ1v) is 11.0. The van der Waals surface area contributed by atoms with E-state index in [4.69, 9.17) is 0 Å². The third-order valence-electron chi connectivity index (χ3n) is 3.35. The molecule has 0 bridgehead atoms. The fraction of sp³-hybridized carbons (Fsp3) is 0.600. The second-order valence-corrected chi connectivity index (χ2v) is 10.1. The first-order chi connectivity index (χ1) is 8.55. The molecule has 0 aliphatic heterocycles. The Morgan fingerprint density at radius 3 is 1.32 bits per heavy atom. The maximum atomic E-state index is 9.88. The van der Waals surface area contributed by atoms with E-state index >= 15 is 0 Å². The van der Waals surface area contributed by atoms with Crippen LogP contribution in [0.2, 0.25) is 0 Å². The first-order valence-electron chi connectivity index (χ1n) is 6.74. The van der Waals surface area contributed by atoms with E-state index in [0.29, 0.717) is 9.53 Å². The molecule has 0 amide bonds. The van der Waals surface area contributed by atoms with Crippen LogP contribution in [0.4, 0.5) is 0 Å². The van der Waals surface area contributed by atoms with Crippen LogP contribution in [0.3, 0.4) is 0 Å². The second-order valence-electron chi connectivity index (χ2n) is 6.01. The first kappa shape index (κ1) is 16.9. The van der Waals surface area contributed by atoms with Crippen molar-refractivity contribution in [1.29, 1.82) is 0 Å². The summed E-state index contributed by atoms with van der Waals surface area (Å²) < 4.78 is 30.1. The standard InChI is InChI=1S/C15H26O3Te/c1-9(2)12-7-13(10(3)4)15(19(16,17)18)14(8-12)11(5)6/h7-11,16-18H,1-6H3. The van der Waals surface area contributed by atoms with E-state index in [2.05, 4.69) is 13.8 Å². The Bertz CT molecular complexity index is 416. The summed E-state index contributed by atoms with van der Waals surface area (Å²) in [6.45, 7) is 12.3. The zero-order valence-corrected chi connectivity index (χ0v) is 15.0. The predicted molar refractivity (Wildman–Crippen MR) is 80.8 cm³/mol. The van der Waals surface area contributed by atoms with Gasteiger partial charge in [-0.15, -0.1) is 0 Å². The SMILES string of the molecule is CC(C)c1cc(C(C)C)c([Te](O)(O)O)c(C(C)C)c1. The van der Waals surface area contributed by atoms with Gasteiger partial charge in [-0.25, -0.2) is 0 Å². The molecule has 110 valence electrons. The average molecular weight is 382 g/mol. The quantitative estimate of drug-likeness (QED) is 0.700. The van der Waals surface area contributed by atoms with Crippen molar-refractivity contribution in [2.45, 2.75) is 59.3 Å². The van der Waals surface area contributed by atoms with Crippen molar-refractivity contribution in [2.75, 3.05) is 0 Å². The minimum absolute atomic E-state index is 0.156. The third-order valence-corrected chi connectivity index (χ3v) is 6.26. The Labute approximate surface area is 121 Å². The van der Waals surface area contributed by atoms with Crippen LogP contribution in [0, 0.1) is 0 Å². The zero-order valence-electron chi connectivity index (χ0n) is 12.6. The summed E-state index contributed by atoms with van der Waals surface area (Å²) in [6.07, 6.45) is 0. The molecule has 3 nitrogen and oxygen atoms in total. The maximum absolute atomic E-state index is 9.88. The van der Waals surface area contributed by atoms with Crippen molar-refractivity contribution in [1.82, 2.24) is 0 Å². The van der Waals surface area contributed by atoms with Crippen molar-refractivity contribution in [3.63, 3.8) is 0 Å². The van der Waals surface area contributed by atoms with E-state index < -0.39 is 19.4 Å². The number of hydrogen-bond donors (Lipinski definition) is 3. The van der Waals surface area contributed by atoms with Gasteiger partial charge in [0.05, 0.1) is 0 Å². The van der Waals surface area contributed by atoms with E-state index in [-0.39, 0.29) is 11.8 Å². The molecular formula is C15H26O3Te. The summed E-state index contributed by atoms with van der Waals surface area (Å²) in [5.74, 6) is 0.689. The van der Waals surface area contributed by atoms with E-state index in [0.717, 1.165) is 11.1 Å². The Morgan fingerprint density at radius 1 is 0.737 bits per heavy atom. The molecule has 0 aliphatic carbocycles. The fourth-order valence-corrected chi connectivity index (χ4v) is 5.69. The van der Waals surface area contributed by atoms with Crippen molar-refractivity contribution in [3.8, 4) is 0 Å². The third kappa shape index (κ3) is 3.93. The van der Waals surface area contributed by atoms with E-state index in [1.165, 1.54) is 5.56 Å². The van der Waals surface area contributed by atoms with E-state index in [9.17, 15) is 10.4 Å². The minimum atomic E-state index is -4.87. The normalized spacial score (nSPS) is 13.7. The summed E-state index contributed by atoms with van der Waals surface area (Å²) >= 11 is -4.87. The van der Waals surface area contributed by atoms with Crippen molar-refractivity contribution in [3.05, 3.63) is 28.8 Å². The van der Waals surface area contributed by atoms with Crippen LogP contribution in [-0.4, -0.2) is 29.8 Å². The molecule has 0 fully saturated rings. The van der Waals surface area contributed by atoms with Crippen LogP contribution >= 0.6 is 0 Å². The Balaban J connectivity index is 3.66. The molecule has 19 heavy (non-hydrogen) atoms. The molecule has 0 aromatic heterocycles. The van der Waals surface area contributed by atoms with Gasteiger partial charge < -0.3 is 0 Å². The van der Waals surface area contributed by atoms with Gasteiger partial charge in [0.25, 0.3) is 0 Å². The summed E-state index contributed by atoms with van der Waals surface area (Å²) in [4.78, 5) is 0. The van der Waals surface area contributed by atoms with Gasteiger partial charge in [-0.1, -0.05) is 0 Å². The molecule has 1 aromatic carbocycles. The summed E-state index contributed by atoms with van der Waals surface area (Å²) in [6, 6.07) is 4.03. The Kier molecular flexibility index (Phi) is 5.45. The molecule has 1 aromatic rings. The average Bonchev–Trinajstić information content (AvgIpc) is 2.25. The van der Waals surface area contributed by atoms with Crippen LogP contribution < -0.4 is 3.61 Å². The summed E-state index contributed by atoms with van der Waals surface area (Å²) in [7, 11) is 0. The van der Waals surface area contributed by atoms with Crippen LogP contribution in [0.15, 0.2) is 12.1 Å². The van der Waals surface area contributed by atoms with Gasteiger partial charge >= 0.3 is 122 Å². The molecule has 0 spiro atoms. The van der Waals surface area contributed by atoms with Gasteiger partial charge in [-0.05, 0) is 0 Å². The van der Waals surface area contributed by atoms with Crippen molar-refractivity contribution in [2.24, 2.45) is 0 Å². The number of benzene rings is 1. The van der Waals surface area contributed by atoms with Gasteiger partial charge in [0.1, 0.15) is 0 Å². The van der Waals surface area contributed by atoms with Gasteiger partial charge in [0.2, 0.25) is 0 Å². The molecule has 0 saturated carbocycles. The molecule has 0 heterocycles. The predicted octanol–water partition coefficient (Wildman–Crippen LogP) is 2.18. The fourth-order valence-electron chi connectivity index (χ4n) is 2.21. The zero-order chi connectivity index (χ0) is 15.0. The van der Waals surface area contributed by atoms with Crippen molar-refractivity contribution < 1.29 is 10.4 Å². The van der Waals surface area contributed by atoms with E-state index in [1.54, 1.807) is 0 Å². The molecule has 0 radical (unpaired) electrons. The molecule has 4 heteroatoms. The molecule has 0 saturated heterocycles. The summed E-state index contributed by atoms with van der Waals surface area (Å²) in [5.41, 5.74) is 2.94. The van der Waals surface area contributed by atoms with Crippen molar-refractivity contribution >= 4 is 23.0 Å². The Hall–Kier alpha value is -0.110. The van der Waals surface area contributed by atoms with E-state index in [1.807, 2.05) is 39.8 Å². The molecule has 0 unspecified atom stereocenters. The monoisotopic (exact) mass is 384 g/mol. The number of rotatable bonds is 4. The van der Waals surface area contributed by atoms with Gasteiger partial charge in [-0.2, -0.15) is 0 Å². The van der Waals surface area contributed by atoms with Crippen LogP contribution in [0.25, 0.3) is 0 Å². The molecule has 0 atom stereocenters. The molecule has 3 N–H and O–H groups in total. The second kappa shape index (κ2) is 6.11. The summed E-state index contributed by atoms with van der Waals surface area (Å²) in [5, 5.41) is 0. The van der Waals surface area contributed by atoms with Gasteiger partial charge in [0.15, 0.2) is 0 Å². The van der Waals surface area contributed by atoms with Crippen LogP contribution in [0.5, 0.6) is 0 Å². The molecule has 1 rings (SSSR count). The van der Waals surface area contributed by atoms with Gasteiger partial charge in [0, 0.05) is 0 Å². The molecule has 0 aliphatic rings.